The molecule has 0 aromatic heterocycles. The fourth-order valence-corrected chi connectivity index (χ4v) is 0.509. The number of hydrogen-bond acceptors (Lipinski definition) is 2. The van der Waals surface area contributed by atoms with Gasteiger partial charge < -0.3 is 5.11 Å². The van der Waals surface area contributed by atoms with Gasteiger partial charge in [0.05, 0.1) is 0 Å². The molecule has 48 valence electrons. The minimum Gasteiger partial charge on any atom is -0.396 e. The van der Waals surface area contributed by atoms with Crippen molar-refractivity contribution in [3.05, 3.63) is 0 Å². The second kappa shape index (κ2) is 5.06. The summed E-state index contributed by atoms with van der Waals surface area (Å²) in [5, 5.41) is 7.90. The number of aliphatic hydroxyl groups excluding tert-OH is 1. The topological polar surface area (TPSA) is 37.3 Å². The number of rotatable bonds is 4. The third-order valence-electron chi connectivity index (χ3n) is 0.781. The third kappa shape index (κ3) is 5.92. The van der Waals surface area contributed by atoms with Crippen LogP contribution in [-0.4, -0.2) is 17.0 Å². The smallest absolute Gasteiger partial charge is 0.221 e. The molecule has 0 rings (SSSR count). The van der Waals surface area contributed by atoms with Crippen LogP contribution < -0.4 is 0 Å². The van der Waals surface area contributed by atoms with Gasteiger partial charge in [0.25, 0.3) is 0 Å². The third-order valence-corrected chi connectivity index (χ3v) is 0.970. The van der Waals surface area contributed by atoms with E-state index < -0.39 is 0 Å². The molecule has 0 aromatic carbocycles. The summed E-state index contributed by atoms with van der Waals surface area (Å²) in [5.41, 5.74) is 0. The number of carbonyl (C=O) groups excluding carboxylic acids is 1. The first-order chi connectivity index (χ1) is 3.77. The summed E-state index contributed by atoms with van der Waals surface area (Å²) in [6.07, 6.45) is 1.74. The SMILES string of the molecule is O=C(Cl)CCCCO. The van der Waals surface area contributed by atoms with Crippen LogP contribution in [0.3, 0.4) is 0 Å². The monoisotopic (exact) mass is 136 g/mol. The number of halogens is 1. The van der Waals surface area contributed by atoms with Crippen molar-refractivity contribution in [3.63, 3.8) is 0 Å². The summed E-state index contributed by atoms with van der Waals surface area (Å²) in [6, 6.07) is 0. The first kappa shape index (κ1) is 7.92. The highest BCUT2D eigenvalue weighted by atomic mass is 35.5. The highest BCUT2D eigenvalue weighted by Gasteiger charge is 1.92. The van der Waals surface area contributed by atoms with E-state index in [-0.39, 0.29) is 11.8 Å². The van der Waals surface area contributed by atoms with Gasteiger partial charge in [0.2, 0.25) is 5.24 Å². The normalized spacial score (nSPS) is 9.25. The summed E-state index contributed by atoms with van der Waals surface area (Å²) < 4.78 is 0. The first-order valence-corrected chi connectivity index (χ1v) is 2.94. The van der Waals surface area contributed by atoms with Crippen LogP contribution in [0.2, 0.25) is 0 Å². The zero-order valence-corrected chi connectivity index (χ0v) is 5.32. The summed E-state index contributed by atoms with van der Waals surface area (Å²) >= 11 is 4.99. The zero-order valence-electron chi connectivity index (χ0n) is 4.56. The molecule has 0 aliphatic rings. The predicted octanol–water partition coefficient (Wildman–Crippen LogP) is 0.914. The van der Waals surface area contributed by atoms with Crippen LogP contribution in [0, 0.1) is 0 Å². The van der Waals surface area contributed by atoms with Crippen molar-refractivity contribution in [1.29, 1.82) is 0 Å². The lowest BCUT2D eigenvalue weighted by Crippen LogP contribution is -1.87. The van der Waals surface area contributed by atoms with Gasteiger partial charge in [-0.05, 0) is 24.4 Å². The van der Waals surface area contributed by atoms with Gasteiger partial charge in [0.1, 0.15) is 0 Å². The molecule has 8 heavy (non-hydrogen) atoms. The minimum absolute atomic E-state index is 0.143. The van der Waals surface area contributed by atoms with E-state index in [1.807, 2.05) is 0 Å². The van der Waals surface area contributed by atoms with Crippen LogP contribution in [0.15, 0.2) is 0 Å². The van der Waals surface area contributed by atoms with Crippen molar-refractivity contribution in [2.24, 2.45) is 0 Å². The second-order valence-corrected chi connectivity index (χ2v) is 1.96. The van der Waals surface area contributed by atoms with Gasteiger partial charge >= 0.3 is 0 Å². The minimum atomic E-state index is -0.321. The lowest BCUT2D eigenvalue weighted by Gasteiger charge is -1.89. The predicted molar refractivity (Wildman–Crippen MR) is 31.8 cm³/mol. The molecule has 0 atom stereocenters. The van der Waals surface area contributed by atoms with Crippen LogP contribution in [-0.2, 0) is 4.79 Å². The number of carbonyl (C=O) groups is 1. The lowest BCUT2D eigenvalue weighted by molar-refractivity contribution is -0.111. The summed E-state index contributed by atoms with van der Waals surface area (Å²) in [7, 11) is 0. The summed E-state index contributed by atoms with van der Waals surface area (Å²) in [4.78, 5) is 10.0. The van der Waals surface area contributed by atoms with Crippen molar-refractivity contribution >= 4 is 16.8 Å². The van der Waals surface area contributed by atoms with Crippen molar-refractivity contribution in [2.45, 2.75) is 19.3 Å². The Kier molecular flexibility index (Phi) is 5.01. The lowest BCUT2D eigenvalue weighted by atomic mass is 10.3. The molecular weight excluding hydrogens is 128 g/mol. The molecule has 2 nitrogen and oxygen atoms in total. The molecular formula is C5H9ClO2. The van der Waals surface area contributed by atoms with E-state index in [2.05, 4.69) is 0 Å². The molecule has 0 saturated heterocycles. The molecule has 1 N–H and O–H groups in total. The van der Waals surface area contributed by atoms with Crippen molar-refractivity contribution < 1.29 is 9.90 Å². The average molecular weight is 137 g/mol. The standard InChI is InChI=1S/C5H9ClO2/c6-5(8)3-1-2-4-7/h7H,1-4H2. The fourth-order valence-electron chi connectivity index (χ4n) is 0.376. The molecule has 0 radical (unpaired) electrons. The molecule has 0 spiro atoms. The van der Waals surface area contributed by atoms with E-state index in [1.165, 1.54) is 0 Å². The number of aliphatic hydroxyl groups is 1. The van der Waals surface area contributed by atoms with Gasteiger partial charge in [0, 0.05) is 13.0 Å². The van der Waals surface area contributed by atoms with E-state index >= 15 is 0 Å². The number of hydrogen-bond donors (Lipinski definition) is 1. The number of unbranched alkanes of at least 4 members (excludes halogenated alkanes) is 1. The molecule has 0 aliphatic heterocycles. The maximum Gasteiger partial charge on any atom is 0.221 e. The highest BCUT2D eigenvalue weighted by Crippen LogP contribution is 1.96. The Morgan fingerprint density at radius 3 is 2.50 bits per heavy atom. The first-order valence-electron chi connectivity index (χ1n) is 2.56. The Hall–Kier alpha value is -0.0800. The van der Waals surface area contributed by atoms with E-state index in [1.54, 1.807) is 0 Å². The Balaban J connectivity index is 2.82. The van der Waals surface area contributed by atoms with E-state index in [9.17, 15) is 4.79 Å². The van der Waals surface area contributed by atoms with Gasteiger partial charge in [-0.3, -0.25) is 4.79 Å². The highest BCUT2D eigenvalue weighted by molar-refractivity contribution is 6.63. The molecule has 3 heteroatoms. The maximum absolute atomic E-state index is 10.0. The largest absolute Gasteiger partial charge is 0.396 e. The van der Waals surface area contributed by atoms with Gasteiger partial charge in [-0.1, -0.05) is 0 Å². The van der Waals surface area contributed by atoms with Crippen LogP contribution in [0.25, 0.3) is 0 Å². The van der Waals surface area contributed by atoms with Crippen LogP contribution in [0.4, 0.5) is 0 Å². The van der Waals surface area contributed by atoms with Crippen LogP contribution in [0.1, 0.15) is 19.3 Å². The molecule has 0 amide bonds. The van der Waals surface area contributed by atoms with Crippen LogP contribution in [0.5, 0.6) is 0 Å². The van der Waals surface area contributed by atoms with E-state index in [0.717, 1.165) is 0 Å². The summed E-state index contributed by atoms with van der Waals surface area (Å²) in [5.74, 6) is 0. The Morgan fingerprint density at radius 1 is 1.50 bits per heavy atom. The average Bonchev–Trinajstić information content (AvgIpc) is 1.66. The molecule has 0 fully saturated rings. The summed E-state index contributed by atoms with van der Waals surface area (Å²) in [6.45, 7) is 0.143. The fraction of sp³-hybridized carbons (Fsp3) is 0.800. The molecule has 0 unspecified atom stereocenters. The van der Waals surface area contributed by atoms with Gasteiger partial charge in [-0.15, -0.1) is 0 Å². The van der Waals surface area contributed by atoms with E-state index in [4.69, 9.17) is 16.7 Å². The second-order valence-electron chi connectivity index (χ2n) is 1.54. The van der Waals surface area contributed by atoms with Crippen LogP contribution >= 0.6 is 11.6 Å². The Bertz CT molecular complexity index is 72.8. The Labute approximate surface area is 53.5 Å². The molecule has 0 aliphatic carbocycles. The molecule has 0 heterocycles. The van der Waals surface area contributed by atoms with Gasteiger partial charge in [-0.25, -0.2) is 0 Å². The molecule has 0 aromatic rings. The Morgan fingerprint density at radius 2 is 2.12 bits per heavy atom. The van der Waals surface area contributed by atoms with Crippen molar-refractivity contribution in [3.8, 4) is 0 Å². The van der Waals surface area contributed by atoms with E-state index in [0.29, 0.717) is 19.3 Å². The maximum atomic E-state index is 10.0. The van der Waals surface area contributed by atoms with Crippen molar-refractivity contribution in [1.82, 2.24) is 0 Å². The molecule has 0 saturated carbocycles. The molecule has 0 bridgehead atoms. The van der Waals surface area contributed by atoms with Gasteiger partial charge in [0.15, 0.2) is 0 Å². The quantitative estimate of drug-likeness (QED) is 0.461. The zero-order chi connectivity index (χ0) is 6.41. The van der Waals surface area contributed by atoms with Gasteiger partial charge in [-0.2, -0.15) is 0 Å². The van der Waals surface area contributed by atoms with Crippen molar-refractivity contribution in [2.75, 3.05) is 6.61 Å².